The fourth-order valence-electron chi connectivity index (χ4n) is 0.684. The normalized spacial score (nSPS) is 6.40. The molecule has 0 N–H and O–H groups in total. The van der Waals surface area contributed by atoms with Crippen molar-refractivity contribution in [2.75, 3.05) is 0 Å². The maximum Gasteiger partial charge on any atom is 2.00 e. The number of halogens is 2. The van der Waals surface area contributed by atoms with Crippen molar-refractivity contribution in [3.63, 3.8) is 0 Å². The van der Waals surface area contributed by atoms with Gasteiger partial charge in [0.1, 0.15) is 0 Å². The summed E-state index contributed by atoms with van der Waals surface area (Å²) in [7, 11) is 0. The van der Waals surface area contributed by atoms with Gasteiger partial charge in [0.25, 0.3) is 0 Å². The van der Waals surface area contributed by atoms with Gasteiger partial charge in [0.05, 0.1) is 0 Å². The Hall–Kier alpha value is -0.318. The first-order valence-electron chi connectivity index (χ1n) is 3.82. The van der Waals surface area contributed by atoms with E-state index in [-0.39, 0.29) is 45.2 Å². The molecule has 0 aliphatic heterocycles. The van der Waals surface area contributed by atoms with Crippen LogP contribution >= 0.6 is 0 Å². The molecule has 0 fully saturated rings. The Labute approximate surface area is 118 Å². The Kier molecular flexibility index (Phi) is 21.7. The van der Waals surface area contributed by atoms with E-state index in [9.17, 15) is 0 Å². The van der Waals surface area contributed by atoms with Gasteiger partial charge >= 0.3 is 20.4 Å². The molecule has 15 heavy (non-hydrogen) atoms. The zero-order valence-corrected chi connectivity index (χ0v) is 10.9. The van der Waals surface area contributed by atoms with Gasteiger partial charge in [0.2, 0.25) is 0 Å². The molecule has 0 aromatic heterocycles. The molecule has 2 aromatic carbocycles. The molecule has 3 heteroatoms. The Bertz CT molecular complexity index is 189. The average Bonchev–Trinajstić information content (AvgIpc) is 2.24. The molecule has 0 nitrogen and oxygen atoms in total. The summed E-state index contributed by atoms with van der Waals surface area (Å²) in [6.07, 6.45) is 0. The summed E-state index contributed by atoms with van der Waals surface area (Å²) in [5, 5.41) is 0. The molecule has 0 heterocycles. The van der Waals surface area contributed by atoms with Gasteiger partial charge in [-0.05, 0) is 0 Å². The van der Waals surface area contributed by atoms with Crippen LogP contribution in [0.5, 0.6) is 0 Å². The predicted octanol–water partition coefficient (Wildman–Crippen LogP) is -3.02. The fraction of sp³-hybridized carbons (Fsp3) is 0. The molecule has 0 aliphatic carbocycles. The van der Waals surface area contributed by atoms with Crippen molar-refractivity contribution in [1.29, 1.82) is 0 Å². The summed E-state index contributed by atoms with van der Waals surface area (Å²) >= 11 is 0. The van der Waals surface area contributed by atoms with E-state index in [4.69, 9.17) is 0 Å². The molecule has 0 atom stereocenters. The largest absolute Gasteiger partial charge is 2.00 e. The molecule has 0 unspecified atom stereocenters. The third kappa shape index (κ3) is 13.7. The van der Waals surface area contributed by atoms with Crippen molar-refractivity contribution in [3.05, 3.63) is 72.8 Å². The summed E-state index contributed by atoms with van der Waals surface area (Å²) in [6.45, 7) is 0. The van der Waals surface area contributed by atoms with E-state index in [1.165, 1.54) is 0 Å². The van der Waals surface area contributed by atoms with E-state index in [2.05, 4.69) is 12.1 Å². The molecule has 84 valence electrons. The van der Waals surface area contributed by atoms with Gasteiger partial charge in [-0.2, -0.15) is 72.8 Å². The van der Waals surface area contributed by atoms with Crippen LogP contribution in [0.1, 0.15) is 0 Å². The minimum Gasteiger partial charge on any atom is -1.00 e. The van der Waals surface area contributed by atoms with Gasteiger partial charge in [0, 0.05) is 0 Å². The second-order valence-corrected chi connectivity index (χ2v) is 2.15. The van der Waals surface area contributed by atoms with Crippen LogP contribution in [0, 0.1) is 12.1 Å². The molecule has 0 saturated carbocycles. The Morgan fingerprint density at radius 2 is 0.733 bits per heavy atom. The van der Waals surface area contributed by atoms with Crippen LogP contribution in [0.2, 0.25) is 0 Å². The zero-order valence-electron chi connectivity index (χ0n) is 7.85. The molecule has 0 spiro atoms. The summed E-state index contributed by atoms with van der Waals surface area (Å²) in [5.41, 5.74) is 0. The summed E-state index contributed by atoms with van der Waals surface area (Å²) in [5.74, 6) is 0. The standard InChI is InChI=1S/2C6H5.2ClH.Pd/c2*1-2-4-6-5-3-1;;;/h2*1-5H;2*1H;/q2*-1;;;+2/p-2. The van der Waals surface area contributed by atoms with Crippen molar-refractivity contribution in [3.8, 4) is 0 Å². The summed E-state index contributed by atoms with van der Waals surface area (Å²) in [4.78, 5) is 0. The molecule has 2 rings (SSSR count). The number of benzene rings is 2. The monoisotopic (exact) mass is 330 g/mol. The Balaban J connectivity index is -0.000000160. The van der Waals surface area contributed by atoms with Crippen LogP contribution in [0.25, 0.3) is 0 Å². The van der Waals surface area contributed by atoms with Crippen LogP contribution in [0.4, 0.5) is 0 Å². The molecular formula is C12H10Cl2Pd-2. The topological polar surface area (TPSA) is 0 Å². The summed E-state index contributed by atoms with van der Waals surface area (Å²) < 4.78 is 0. The van der Waals surface area contributed by atoms with Crippen molar-refractivity contribution in [2.45, 2.75) is 0 Å². The molecule has 0 radical (unpaired) electrons. The van der Waals surface area contributed by atoms with E-state index >= 15 is 0 Å². The maximum atomic E-state index is 2.89. The molecule has 0 aliphatic rings. The van der Waals surface area contributed by atoms with Crippen molar-refractivity contribution in [1.82, 2.24) is 0 Å². The Morgan fingerprint density at radius 3 is 0.800 bits per heavy atom. The maximum absolute atomic E-state index is 2.89. The van der Waals surface area contributed by atoms with E-state index in [0.717, 1.165) is 0 Å². The van der Waals surface area contributed by atoms with Crippen molar-refractivity contribution >= 4 is 0 Å². The summed E-state index contributed by atoms with van der Waals surface area (Å²) in [6, 6.07) is 25.0. The Morgan fingerprint density at radius 1 is 0.467 bits per heavy atom. The quantitative estimate of drug-likeness (QED) is 0.356. The van der Waals surface area contributed by atoms with Gasteiger partial charge in [0.15, 0.2) is 0 Å². The van der Waals surface area contributed by atoms with Crippen LogP contribution in [0.15, 0.2) is 60.7 Å². The van der Waals surface area contributed by atoms with E-state index in [0.29, 0.717) is 0 Å². The second-order valence-electron chi connectivity index (χ2n) is 2.15. The van der Waals surface area contributed by atoms with E-state index < -0.39 is 0 Å². The first-order valence-corrected chi connectivity index (χ1v) is 3.82. The molecule has 0 saturated heterocycles. The first-order chi connectivity index (χ1) is 6.00. The van der Waals surface area contributed by atoms with Gasteiger partial charge in [-0.3, -0.25) is 0 Å². The second kappa shape index (κ2) is 16.1. The third-order valence-corrected chi connectivity index (χ3v) is 1.21. The number of rotatable bonds is 0. The van der Waals surface area contributed by atoms with Gasteiger partial charge < -0.3 is 24.8 Å². The van der Waals surface area contributed by atoms with Crippen LogP contribution in [0.3, 0.4) is 0 Å². The van der Waals surface area contributed by atoms with Crippen LogP contribution in [-0.2, 0) is 20.4 Å². The zero-order chi connectivity index (χ0) is 8.49. The molecule has 2 aromatic rings. The van der Waals surface area contributed by atoms with Gasteiger partial charge in [-0.15, -0.1) is 0 Å². The molecular weight excluding hydrogens is 321 g/mol. The third-order valence-electron chi connectivity index (χ3n) is 1.21. The van der Waals surface area contributed by atoms with Gasteiger partial charge in [-0.1, -0.05) is 0 Å². The van der Waals surface area contributed by atoms with E-state index in [1.54, 1.807) is 0 Å². The number of hydrogen-bond donors (Lipinski definition) is 0. The van der Waals surface area contributed by atoms with Crippen molar-refractivity contribution in [2.24, 2.45) is 0 Å². The molecule has 0 bridgehead atoms. The number of hydrogen-bond acceptors (Lipinski definition) is 0. The van der Waals surface area contributed by atoms with Gasteiger partial charge in [-0.25, -0.2) is 0 Å². The minimum atomic E-state index is 0. The van der Waals surface area contributed by atoms with Crippen LogP contribution in [-0.4, -0.2) is 0 Å². The average molecular weight is 332 g/mol. The molecule has 0 amide bonds. The minimum absolute atomic E-state index is 0. The SMILES string of the molecule is [Cl-].[Cl-].[Pd+2].[c-]1ccccc1.[c-]1ccccc1. The predicted molar refractivity (Wildman–Crippen MR) is 50.6 cm³/mol. The fourth-order valence-corrected chi connectivity index (χ4v) is 0.684. The van der Waals surface area contributed by atoms with Crippen molar-refractivity contribution < 1.29 is 45.2 Å². The first kappa shape index (κ1) is 20.1. The van der Waals surface area contributed by atoms with Crippen LogP contribution < -0.4 is 24.8 Å². The smallest absolute Gasteiger partial charge is 1.00 e. The van der Waals surface area contributed by atoms with E-state index in [1.807, 2.05) is 60.7 Å².